The molecule has 0 aliphatic heterocycles. The van der Waals surface area contributed by atoms with Crippen molar-refractivity contribution in [3.63, 3.8) is 0 Å². The highest BCUT2D eigenvalue weighted by atomic mass is 15.1. The van der Waals surface area contributed by atoms with Gasteiger partial charge in [0.1, 0.15) is 0 Å². The Hall–Kier alpha value is -0.300. The van der Waals surface area contributed by atoms with Gasteiger partial charge >= 0.3 is 0 Å². The summed E-state index contributed by atoms with van der Waals surface area (Å²) in [4.78, 5) is 2.29. The number of likely N-dealkylation sites (N-methyl/N-ethyl adjacent to an activating group) is 1. The maximum absolute atomic E-state index is 2.29. The minimum atomic E-state index is 0.654. The highest BCUT2D eigenvalue weighted by Gasteiger charge is 1.97. The SMILES string of the molecule is C/C=C/CN(C)C(C)C.CC. The van der Waals surface area contributed by atoms with E-state index < -0.39 is 0 Å². The molecule has 0 N–H and O–H groups in total. The van der Waals surface area contributed by atoms with E-state index in [4.69, 9.17) is 0 Å². The Balaban J connectivity index is 0. The Morgan fingerprint density at radius 2 is 1.73 bits per heavy atom. The summed E-state index contributed by atoms with van der Waals surface area (Å²) in [5, 5.41) is 0. The molecular weight excluding hydrogens is 134 g/mol. The number of allylic oxidation sites excluding steroid dienone is 1. The van der Waals surface area contributed by atoms with E-state index in [0.717, 1.165) is 6.54 Å². The molecule has 0 bridgehead atoms. The summed E-state index contributed by atoms with van der Waals surface area (Å²) in [6.45, 7) is 11.5. The molecule has 0 spiro atoms. The second-order valence-electron chi connectivity index (χ2n) is 2.60. The Kier molecular flexibility index (Phi) is 11.7. The number of hydrogen-bond acceptors (Lipinski definition) is 1. The molecule has 0 atom stereocenters. The van der Waals surface area contributed by atoms with Crippen molar-refractivity contribution in [2.45, 2.75) is 40.7 Å². The summed E-state index contributed by atoms with van der Waals surface area (Å²) >= 11 is 0. The lowest BCUT2D eigenvalue weighted by atomic mass is 10.3. The average molecular weight is 157 g/mol. The third-order valence-corrected chi connectivity index (χ3v) is 1.51. The Morgan fingerprint density at radius 3 is 2.00 bits per heavy atom. The lowest BCUT2D eigenvalue weighted by molar-refractivity contribution is 0.303. The summed E-state index contributed by atoms with van der Waals surface area (Å²) < 4.78 is 0. The molecule has 0 aromatic carbocycles. The first-order chi connectivity index (χ1) is 5.18. The van der Waals surface area contributed by atoms with Gasteiger partial charge in [0.25, 0.3) is 0 Å². The standard InChI is InChI=1S/C8H17N.C2H6/c1-5-6-7-9(4)8(2)3;1-2/h5-6,8H,7H2,1-4H3;1-2H3/b6-5+;. The summed E-state index contributed by atoms with van der Waals surface area (Å²) in [6.07, 6.45) is 4.25. The van der Waals surface area contributed by atoms with Gasteiger partial charge in [0, 0.05) is 12.6 Å². The fourth-order valence-corrected chi connectivity index (χ4v) is 0.482. The molecule has 0 aromatic rings. The van der Waals surface area contributed by atoms with Crippen LogP contribution in [0.5, 0.6) is 0 Å². The maximum atomic E-state index is 2.29. The van der Waals surface area contributed by atoms with E-state index in [1.54, 1.807) is 0 Å². The number of rotatable bonds is 3. The van der Waals surface area contributed by atoms with Crippen LogP contribution in [0.15, 0.2) is 12.2 Å². The van der Waals surface area contributed by atoms with Gasteiger partial charge in [-0.3, -0.25) is 0 Å². The van der Waals surface area contributed by atoms with Crippen LogP contribution in [0.25, 0.3) is 0 Å². The van der Waals surface area contributed by atoms with Crippen LogP contribution in [0.3, 0.4) is 0 Å². The molecular formula is C10H23N. The fourth-order valence-electron chi connectivity index (χ4n) is 0.482. The van der Waals surface area contributed by atoms with Crippen molar-refractivity contribution in [3.05, 3.63) is 12.2 Å². The molecule has 0 saturated heterocycles. The van der Waals surface area contributed by atoms with E-state index in [1.807, 2.05) is 20.8 Å². The molecule has 1 nitrogen and oxygen atoms in total. The summed E-state index contributed by atoms with van der Waals surface area (Å²) in [6, 6.07) is 0.654. The predicted molar refractivity (Wildman–Crippen MR) is 53.9 cm³/mol. The zero-order valence-corrected chi connectivity index (χ0v) is 8.89. The summed E-state index contributed by atoms with van der Waals surface area (Å²) in [5.41, 5.74) is 0. The van der Waals surface area contributed by atoms with Gasteiger partial charge in [0.2, 0.25) is 0 Å². The van der Waals surface area contributed by atoms with Gasteiger partial charge in [-0.15, -0.1) is 0 Å². The molecule has 0 radical (unpaired) electrons. The second-order valence-corrected chi connectivity index (χ2v) is 2.60. The molecule has 0 saturated carbocycles. The first-order valence-corrected chi connectivity index (χ1v) is 4.50. The molecule has 1 heteroatoms. The van der Waals surface area contributed by atoms with Crippen LogP contribution in [0.2, 0.25) is 0 Å². The van der Waals surface area contributed by atoms with Crippen LogP contribution >= 0.6 is 0 Å². The first-order valence-electron chi connectivity index (χ1n) is 4.50. The summed E-state index contributed by atoms with van der Waals surface area (Å²) in [7, 11) is 2.13. The van der Waals surface area contributed by atoms with Gasteiger partial charge in [-0.2, -0.15) is 0 Å². The van der Waals surface area contributed by atoms with Crippen molar-refractivity contribution in [3.8, 4) is 0 Å². The highest BCUT2D eigenvalue weighted by molar-refractivity contribution is 4.80. The van der Waals surface area contributed by atoms with E-state index in [-0.39, 0.29) is 0 Å². The van der Waals surface area contributed by atoms with Gasteiger partial charge in [0.05, 0.1) is 0 Å². The van der Waals surface area contributed by atoms with Crippen LogP contribution in [0, 0.1) is 0 Å². The zero-order valence-electron chi connectivity index (χ0n) is 8.89. The van der Waals surface area contributed by atoms with Crippen molar-refractivity contribution in [2.24, 2.45) is 0 Å². The van der Waals surface area contributed by atoms with Crippen molar-refractivity contribution < 1.29 is 0 Å². The fraction of sp³-hybridized carbons (Fsp3) is 0.800. The quantitative estimate of drug-likeness (QED) is 0.569. The average Bonchev–Trinajstić information content (AvgIpc) is 2.03. The van der Waals surface area contributed by atoms with E-state index in [9.17, 15) is 0 Å². The van der Waals surface area contributed by atoms with E-state index in [1.165, 1.54) is 0 Å². The van der Waals surface area contributed by atoms with Gasteiger partial charge in [-0.05, 0) is 27.8 Å². The Labute approximate surface area is 72.1 Å². The van der Waals surface area contributed by atoms with Crippen molar-refractivity contribution >= 4 is 0 Å². The van der Waals surface area contributed by atoms with Crippen LogP contribution in [-0.2, 0) is 0 Å². The third-order valence-electron chi connectivity index (χ3n) is 1.51. The minimum absolute atomic E-state index is 0.654. The van der Waals surface area contributed by atoms with Crippen LogP contribution in [0.4, 0.5) is 0 Å². The first kappa shape index (κ1) is 13.3. The smallest absolute Gasteiger partial charge is 0.0162 e. The predicted octanol–water partition coefficient (Wildman–Crippen LogP) is 2.93. The number of nitrogens with zero attached hydrogens (tertiary/aromatic N) is 1. The van der Waals surface area contributed by atoms with E-state index >= 15 is 0 Å². The van der Waals surface area contributed by atoms with Crippen molar-refractivity contribution in [1.29, 1.82) is 0 Å². The normalized spacial score (nSPS) is 10.5. The van der Waals surface area contributed by atoms with Gasteiger partial charge in [-0.1, -0.05) is 26.0 Å². The molecule has 0 aromatic heterocycles. The van der Waals surface area contributed by atoms with E-state index in [2.05, 4.69) is 37.9 Å². The lowest BCUT2D eigenvalue weighted by Gasteiger charge is -2.18. The van der Waals surface area contributed by atoms with Gasteiger partial charge in [-0.25, -0.2) is 0 Å². The topological polar surface area (TPSA) is 3.24 Å². The van der Waals surface area contributed by atoms with Crippen molar-refractivity contribution in [2.75, 3.05) is 13.6 Å². The summed E-state index contributed by atoms with van der Waals surface area (Å²) in [5.74, 6) is 0. The monoisotopic (exact) mass is 157 g/mol. The Morgan fingerprint density at radius 1 is 1.27 bits per heavy atom. The van der Waals surface area contributed by atoms with Crippen molar-refractivity contribution in [1.82, 2.24) is 4.90 Å². The minimum Gasteiger partial charge on any atom is -0.300 e. The zero-order chi connectivity index (χ0) is 9.28. The third kappa shape index (κ3) is 9.70. The molecule has 0 fully saturated rings. The molecule has 0 amide bonds. The van der Waals surface area contributed by atoms with Crippen LogP contribution in [-0.4, -0.2) is 24.5 Å². The molecule has 0 aliphatic carbocycles. The molecule has 11 heavy (non-hydrogen) atoms. The second kappa shape index (κ2) is 9.70. The Bertz CT molecular complexity index is 84.9. The van der Waals surface area contributed by atoms with Crippen LogP contribution < -0.4 is 0 Å². The largest absolute Gasteiger partial charge is 0.300 e. The molecule has 0 heterocycles. The highest BCUT2D eigenvalue weighted by Crippen LogP contribution is 1.91. The maximum Gasteiger partial charge on any atom is 0.0162 e. The van der Waals surface area contributed by atoms with E-state index in [0.29, 0.717) is 6.04 Å². The van der Waals surface area contributed by atoms with Gasteiger partial charge < -0.3 is 4.90 Å². The molecule has 0 aliphatic rings. The molecule has 68 valence electrons. The van der Waals surface area contributed by atoms with Crippen LogP contribution in [0.1, 0.15) is 34.6 Å². The van der Waals surface area contributed by atoms with Gasteiger partial charge in [0.15, 0.2) is 0 Å². The molecule has 0 unspecified atom stereocenters. The molecule has 0 rings (SSSR count). The number of hydrogen-bond donors (Lipinski definition) is 0. The lowest BCUT2D eigenvalue weighted by Crippen LogP contribution is -2.26.